The highest BCUT2D eigenvalue weighted by Gasteiger charge is 2.05. The van der Waals surface area contributed by atoms with E-state index in [9.17, 15) is 4.79 Å². The normalized spacial score (nSPS) is 11.3. The molecule has 0 unspecified atom stereocenters. The van der Waals surface area contributed by atoms with Crippen LogP contribution in [0.2, 0.25) is 0 Å². The molecular formula is C22H28N2O2. The zero-order valence-corrected chi connectivity index (χ0v) is 15.9. The molecule has 0 aliphatic carbocycles. The number of rotatable bonds is 9. The van der Waals surface area contributed by atoms with Crippen LogP contribution >= 0.6 is 0 Å². The van der Waals surface area contributed by atoms with Crippen molar-refractivity contribution in [1.29, 1.82) is 0 Å². The van der Waals surface area contributed by atoms with E-state index in [1.165, 1.54) is 24.8 Å². The molecule has 0 bridgehead atoms. The Bertz CT molecular complexity index is 719. The zero-order valence-electron chi connectivity index (χ0n) is 15.9. The number of carbonyl (C=O) groups excluding carboxylic acids is 1. The maximum absolute atomic E-state index is 12.2. The van der Waals surface area contributed by atoms with Gasteiger partial charge in [-0.05, 0) is 50.1 Å². The Kier molecular flexibility index (Phi) is 7.87. The summed E-state index contributed by atoms with van der Waals surface area (Å²) in [6.45, 7) is 6.82. The van der Waals surface area contributed by atoms with Gasteiger partial charge >= 0.3 is 0 Å². The second-order valence-corrected chi connectivity index (χ2v) is 6.44. The predicted octanol–water partition coefficient (Wildman–Crippen LogP) is 5.11. The summed E-state index contributed by atoms with van der Waals surface area (Å²) < 4.78 is 5.69. The van der Waals surface area contributed by atoms with Gasteiger partial charge in [0.2, 0.25) is 0 Å². The third kappa shape index (κ3) is 6.36. The average molecular weight is 352 g/mol. The van der Waals surface area contributed by atoms with Crippen LogP contribution in [0.5, 0.6) is 5.75 Å². The number of hydrogen-bond donors (Lipinski definition) is 1. The molecule has 0 radical (unpaired) electrons. The first-order valence-corrected chi connectivity index (χ1v) is 9.24. The molecule has 138 valence electrons. The molecular weight excluding hydrogens is 324 g/mol. The summed E-state index contributed by atoms with van der Waals surface area (Å²) in [6.07, 6.45) is 4.71. The van der Waals surface area contributed by atoms with Crippen molar-refractivity contribution in [3.05, 3.63) is 65.2 Å². The monoisotopic (exact) mass is 352 g/mol. The molecule has 0 aliphatic rings. The summed E-state index contributed by atoms with van der Waals surface area (Å²) in [4.78, 5) is 12.2. The van der Waals surface area contributed by atoms with Crippen LogP contribution in [0.25, 0.3) is 0 Å². The fourth-order valence-electron chi connectivity index (χ4n) is 2.48. The number of hydrazone groups is 1. The SMILES string of the molecule is CCCCCCOc1ccc(C(=O)NN=C(C)c2ccc(C)cc2)cc1. The standard InChI is InChI=1S/C22H28N2O2/c1-4-5-6-7-16-26-21-14-12-20(13-15-21)22(25)24-23-18(3)19-10-8-17(2)9-11-19/h8-15H,4-7,16H2,1-3H3,(H,24,25). The minimum Gasteiger partial charge on any atom is -0.494 e. The van der Waals surface area contributed by atoms with Gasteiger partial charge in [0, 0.05) is 5.56 Å². The molecule has 2 aromatic carbocycles. The first kappa shape index (κ1) is 19.7. The quantitative estimate of drug-likeness (QED) is 0.387. The summed E-state index contributed by atoms with van der Waals surface area (Å²) in [5, 5.41) is 4.19. The third-order valence-electron chi connectivity index (χ3n) is 4.18. The Morgan fingerprint density at radius 2 is 1.62 bits per heavy atom. The molecule has 2 rings (SSSR count). The molecule has 0 saturated heterocycles. The number of amides is 1. The third-order valence-corrected chi connectivity index (χ3v) is 4.18. The number of hydrogen-bond acceptors (Lipinski definition) is 3. The molecule has 0 aromatic heterocycles. The lowest BCUT2D eigenvalue weighted by molar-refractivity contribution is 0.0955. The van der Waals surface area contributed by atoms with E-state index in [-0.39, 0.29) is 5.91 Å². The Morgan fingerprint density at radius 1 is 0.962 bits per heavy atom. The van der Waals surface area contributed by atoms with Gasteiger partial charge in [-0.25, -0.2) is 5.43 Å². The fraction of sp³-hybridized carbons (Fsp3) is 0.364. The molecule has 2 aromatic rings. The van der Waals surface area contributed by atoms with Gasteiger partial charge in [-0.2, -0.15) is 5.10 Å². The first-order chi connectivity index (χ1) is 12.6. The van der Waals surface area contributed by atoms with Crippen LogP contribution < -0.4 is 10.2 Å². The Morgan fingerprint density at radius 3 is 2.27 bits per heavy atom. The van der Waals surface area contributed by atoms with Crippen molar-refractivity contribution in [2.45, 2.75) is 46.5 Å². The lowest BCUT2D eigenvalue weighted by Crippen LogP contribution is -2.19. The average Bonchev–Trinajstić information content (AvgIpc) is 2.66. The Labute approximate surface area is 156 Å². The number of aryl methyl sites for hydroxylation is 1. The van der Waals surface area contributed by atoms with Crippen molar-refractivity contribution < 1.29 is 9.53 Å². The van der Waals surface area contributed by atoms with Crippen molar-refractivity contribution in [2.24, 2.45) is 5.10 Å². The lowest BCUT2D eigenvalue weighted by atomic mass is 10.1. The van der Waals surface area contributed by atoms with Gasteiger partial charge in [0.25, 0.3) is 5.91 Å². The fourth-order valence-corrected chi connectivity index (χ4v) is 2.48. The molecule has 0 aliphatic heterocycles. The molecule has 0 saturated carbocycles. The highest BCUT2D eigenvalue weighted by molar-refractivity contribution is 6.00. The van der Waals surface area contributed by atoms with E-state index in [2.05, 4.69) is 17.5 Å². The van der Waals surface area contributed by atoms with E-state index in [4.69, 9.17) is 4.74 Å². The van der Waals surface area contributed by atoms with Crippen molar-refractivity contribution in [1.82, 2.24) is 5.43 Å². The van der Waals surface area contributed by atoms with Crippen molar-refractivity contribution in [3.63, 3.8) is 0 Å². The van der Waals surface area contributed by atoms with E-state index >= 15 is 0 Å². The van der Waals surface area contributed by atoms with Gasteiger partial charge in [0.05, 0.1) is 12.3 Å². The summed E-state index contributed by atoms with van der Waals surface area (Å²) >= 11 is 0. The molecule has 0 atom stereocenters. The molecule has 1 N–H and O–H groups in total. The topological polar surface area (TPSA) is 50.7 Å². The molecule has 1 amide bonds. The first-order valence-electron chi connectivity index (χ1n) is 9.24. The minimum absolute atomic E-state index is 0.231. The molecule has 4 heteroatoms. The highest BCUT2D eigenvalue weighted by atomic mass is 16.5. The van der Waals surface area contributed by atoms with Crippen molar-refractivity contribution in [3.8, 4) is 5.75 Å². The molecule has 0 spiro atoms. The number of unbranched alkanes of at least 4 members (excludes halogenated alkanes) is 3. The molecule has 4 nitrogen and oxygen atoms in total. The van der Waals surface area contributed by atoms with Crippen LogP contribution in [0.15, 0.2) is 53.6 Å². The summed E-state index contributed by atoms with van der Waals surface area (Å²) in [5.74, 6) is 0.559. The van der Waals surface area contributed by atoms with Crippen LogP contribution in [0.3, 0.4) is 0 Å². The predicted molar refractivity (Wildman–Crippen MR) is 107 cm³/mol. The molecule has 0 heterocycles. The van der Waals surface area contributed by atoms with Crippen LogP contribution in [-0.2, 0) is 0 Å². The Balaban J connectivity index is 1.85. The maximum Gasteiger partial charge on any atom is 0.271 e. The van der Waals surface area contributed by atoms with Gasteiger partial charge in [0.15, 0.2) is 0 Å². The number of benzene rings is 2. The number of carbonyl (C=O) groups is 1. The van der Waals surface area contributed by atoms with E-state index in [1.54, 1.807) is 12.1 Å². The van der Waals surface area contributed by atoms with Crippen molar-refractivity contribution in [2.75, 3.05) is 6.61 Å². The van der Waals surface area contributed by atoms with E-state index in [0.29, 0.717) is 12.2 Å². The van der Waals surface area contributed by atoms with Gasteiger partial charge in [-0.15, -0.1) is 0 Å². The molecule has 0 fully saturated rings. The number of ether oxygens (including phenoxy) is 1. The number of nitrogens with one attached hydrogen (secondary N) is 1. The van der Waals surface area contributed by atoms with Crippen LogP contribution in [0.1, 0.15) is 61.0 Å². The highest BCUT2D eigenvalue weighted by Crippen LogP contribution is 2.13. The largest absolute Gasteiger partial charge is 0.494 e. The zero-order chi connectivity index (χ0) is 18.8. The second kappa shape index (κ2) is 10.4. The van der Waals surface area contributed by atoms with Crippen LogP contribution in [0.4, 0.5) is 0 Å². The minimum atomic E-state index is -0.231. The van der Waals surface area contributed by atoms with Crippen LogP contribution in [0, 0.1) is 6.92 Å². The lowest BCUT2D eigenvalue weighted by Gasteiger charge is -2.07. The second-order valence-electron chi connectivity index (χ2n) is 6.44. The smallest absolute Gasteiger partial charge is 0.271 e. The van der Waals surface area contributed by atoms with Crippen LogP contribution in [-0.4, -0.2) is 18.2 Å². The van der Waals surface area contributed by atoms with Gasteiger partial charge < -0.3 is 4.74 Å². The van der Waals surface area contributed by atoms with Gasteiger partial charge in [0.1, 0.15) is 5.75 Å². The maximum atomic E-state index is 12.2. The van der Waals surface area contributed by atoms with Crippen molar-refractivity contribution >= 4 is 11.6 Å². The molecule has 26 heavy (non-hydrogen) atoms. The summed E-state index contributed by atoms with van der Waals surface area (Å²) in [7, 11) is 0. The van der Waals surface area contributed by atoms with Gasteiger partial charge in [-0.3, -0.25) is 4.79 Å². The number of nitrogens with zero attached hydrogens (tertiary/aromatic N) is 1. The van der Waals surface area contributed by atoms with Gasteiger partial charge in [-0.1, -0.05) is 56.0 Å². The summed E-state index contributed by atoms with van der Waals surface area (Å²) in [5.41, 5.74) is 6.12. The summed E-state index contributed by atoms with van der Waals surface area (Å²) in [6, 6.07) is 15.2. The Hall–Kier alpha value is -2.62. The van der Waals surface area contributed by atoms with E-state index in [0.717, 1.165) is 23.4 Å². The van der Waals surface area contributed by atoms with E-state index < -0.39 is 0 Å². The van der Waals surface area contributed by atoms with E-state index in [1.807, 2.05) is 50.2 Å².